The van der Waals surface area contributed by atoms with E-state index < -0.39 is 17.7 Å². The molecule has 0 saturated carbocycles. The molecule has 2 aromatic carbocycles. The monoisotopic (exact) mass is 515 g/mol. The summed E-state index contributed by atoms with van der Waals surface area (Å²) in [4.78, 5) is 28.0. The maximum atomic E-state index is 13.3. The molecule has 2 unspecified atom stereocenters. The second-order valence-electron chi connectivity index (χ2n) is 8.51. The van der Waals surface area contributed by atoms with Gasteiger partial charge in [-0.3, -0.25) is 9.59 Å². The van der Waals surface area contributed by atoms with Crippen LogP contribution in [-0.2, 0) is 14.3 Å². The number of benzene rings is 2. The van der Waals surface area contributed by atoms with Crippen LogP contribution >= 0.6 is 11.6 Å². The number of amides is 1. The van der Waals surface area contributed by atoms with Gasteiger partial charge in [0, 0.05) is 18.7 Å². The smallest absolute Gasteiger partial charge is 0.295 e. The molecule has 1 amide bonds. The van der Waals surface area contributed by atoms with Crippen LogP contribution in [0, 0.1) is 0 Å². The molecule has 2 fully saturated rings. The average Bonchev–Trinajstić information content (AvgIpc) is 3.48. The molecule has 192 valence electrons. The fraction of sp³-hybridized carbons (Fsp3) is 0.407. The number of ketones is 1. The van der Waals surface area contributed by atoms with Gasteiger partial charge in [0.2, 0.25) is 0 Å². The van der Waals surface area contributed by atoms with E-state index in [0.29, 0.717) is 53.2 Å². The molecule has 2 aliphatic rings. The van der Waals surface area contributed by atoms with Crippen LogP contribution in [0.4, 0.5) is 0 Å². The molecule has 9 heteroatoms. The molecular formula is C27H30ClNO7. The van der Waals surface area contributed by atoms with E-state index >= 15 is 0 Å². The van der Waals surface area contributed by atoms with Crippen molar-refractivity contribution < 1.29 is 33.6 Å². The van der Waals surface area contributed by atoms with Crippen molar-refractivity contribution in [3.8, 4) is 17.2 Å². The number of Topliss-reactive ketones (excluding diaryl/α,β-unsaturated/α-hetero) is 1. The molecule has 2 heterocycles. The van der Waals surface area contributed by atoms with Crippen molar-refractivity contribution in [2.24, 2.45) is 0 Å². The summed E-state index contributed by atoms with van der Waals surface area (Å²) >= 11 is 6.22. The number of nitrogens with zero attached hydrogens (tertiary/aromatic N) is 1. The zero-order valence-electron chi connectivity index (χ0n) is 20.6. The first-order chi connectivity index (χ1) is 17.4. The van der Waals surface area contributed by atoms with Gasteiger partial charge in [-0.25, -0.2) is 0 Å². The molecule has 0 aromatic heterocycles. The van der Waals surface area contributed by atoms with E-state index in [9.17, 15) is 14.7 Å². The zero-order chi connectivity index (χ0) is 25.8. The molecule has 4 rings (SSSR count). The number of methoxy groups -OCH3 is 1. The SMILES string of the molecule is CCOc1cc(/C(O)=C2/C(=O)C(=O)N(CC3CCCO3)C2c2ccc(OCC)c(OC)c2)ccc1Cl. The van der Waals surface area contributed by atoms with Gasteiger partial charge in [-0.15, -0.1) is 0 Å². The van der Waals surface area contributed by atoms with Crippen molar-refractivity contribution in [2.75, 3.05) is 33.5 Å². The Morgan fingerprint density at radius 2 is 1.83 bits per heavy atom. The lowest BCUT2D eigenvalue weighted by molar-refractivity contribution is -0.140. The first-order valence-corrected chi connectivity index (χ1v) is 12.4. The quantitative estimate of drug-likeness (QED) is 0.292. The van der Waals surface area contributed by atoms with Crippen molar-refractivity contribution in [2.45, 2.75) is 38.8 Å². The van der Waals surface area contributed by atoms with Gasteiger partial charge >= 0.3 is 0 Å². The highest BCUT2D eigenvalue weighted by Crippen LogP contribution is 2.43. The van der Waals surface area contributed by atoms with Crippen LogP contribution in [0.15, 0.2) is 42.0 Å². The molecule has 2 aliphatic heterocycles. The summed E-state index contributed by atoms with van der Waals surface area (Å²) in [7, 11) is 1.52. The molecule has 36 heavy (non-hydrogen) atoms. The number of rotatable bonds is 9. The summed E-state index contributed by atoms with van der Waals surface area (Å²) in [6.07, 6.45) is 1.49. The summed E-state index contributed by atoms with van der Waals surface area (Å²) in [6, 6.07) is 9.12. The number of aliphatic hydroxyl groups is 1. The number of carbonyl (C=O) groups is 2. The van der Waals surface area contributed by atoms with E-state index in [1.807, 2.05) is 13.8 Å². The summed E-state index contributed by atoms with van der Waals surface area (Å²) < 4.78 is 22.4. The number of aliphatic hydroxyl groups excluding tert-OH is 1. The standard InChI is InChI=1S/C27H30ClNO7/c1-4-34-20-11-9-16(13-22(20)33-3)24-23(25(30)17-8-10-19(28)21(14-17)35-5-2)26(31)27(32)29(24)15-18-7-6-12-36-18/h8-11,13-14,18,24,30H,4-7,12,15H2,1-3H3/b25-23-. The highest BCUT2D eigenvalue weighted by atomic mass is 35.5. The number of hydrogen-bond acceptors (Lipinski definition) is 7. The lowest BCUT2D eigenvalue weighted by Gasteiger charge is -2.28. The van der Waals surface area contributed by atoms with Crippen LogP contribution in [0.1, 0.15) is 43.9 Å². The fourth-order valence-corrected chi connectivity index (χ4v) is 4.80. The lowest BCUT2D eigenvalue weighted by atomic mass is 9.94. The van der Waals surface area contributed by atoms with Crippen LogP contribution in [0.25, 0.3) is 5.76 Å². The third-order valence-electron chi connectivity index (χ3n) is 6.27. The van der Waals surface area contributed by atoms with Crippen molar-refractivity contribution in [1.29, 1.82) is 0 Å². The van der Waals surface area contributed by atoms with Gasteiger partial charge in [0.1, 0.15) is 11.5 Å². The average molecular weight is 516 g/mol. The molecule has 2 saturated heterocycles. The minimum Gasteiger partial charge on any atom is -0.507 e. The van der Waals surface area contributed by atoms with E-state index in [1.165, 1.54) is 12.0 Å². The number of halogens is 1. The maximum Gasteiger partial charge on any atom is 0.295 e. The summed E-state index contributed by atoms with van der Waals surface area (Å²) in [6.45, 7) is 5.35. The van der Waals surface area contributed by atoms with E-state index in [2.05, 4.69) is 0 Å². The Labute approximate surface area is 215 Å². The minimum absolute atomic E-state index is 0.0195. The van der Waals surface area contributed by atoms with Gasteiger partial charge < -0.3 is 29.0 Å². The Morgan fingerprint density at radius 3 is 2.50 bits per heavy atom. The van der Waals surface area contributed by atoms with Crippen LogP contribution in [0.2, 0.25) is 5.02 Å². The number of carbonyl (C=O) groups excluding carboxylic acids is 2. The lowest BCUT2D eigenvalue weighted by Crippen LogP contribution is -2.36. The molecule has 2 atom stereocenters. The van der Waals surface area contributed by atoms with Crippen molar-refractivity contribution in [3.05, 3.63) is 58.1 Å². The van der Waals surface area contributed by atoms with Gasteiger partial charge in [-0.2, -0.15) is 0 Å². The van der Waals surface area contributed by atoms with E-state index in [0.717, 1.165) is 12.8 Å². The van der Waals surface area contributed by atoms with Gasteiger partial charge in [0.15, 0.2) is 11.5 Å². The summed E-state index contributed by atoms with van der Waals surface area (Å²) in [5, 5.41) is 11.7. The first-order valence-electron chi connectivity index (χ1n) is 12.0. The zero-order valence-corrected chi connectivity index (χ0v) is 21.3. The summed E-state index contributed by atoms with van der Waals surface area (Å²) in [5.41, 5.74) is 0.905. The third-order valence-corrected chi connectivity index (χ3v) is 6.58. The Balaban J connectivity index is 1.85. The van der Waals surface area contributed by atoms with Crippen molar-refractivity contribution >= 4 is 29.1 Å². The Hall–Kier alpha value is -3.23. The van der Waals surface area contributed by atoms with Gasteiger partial charge in [0.05, 0.1) is 43.1 Å². The molecule has 1 N–H and O–H groups in total. The van der Waals surface area contributed by atoms with Crippen molar-refractivity contribution in [3.63, 3.8) is 0 Å². The number of likely N-dealkylation sites (tertiary alicyclic amines) is 1. The van der Waals surface area contributed by atoms with Gasteiger partial charge in [-0.05, 0) is 62.6 Å². The van der Waals surface area contributed by atoms with Crippen LogP contribution in [-0.4, -0.2) is 61.3 Å². The topological polar surface area (TPSA) is 94.5 Å². The third kappa shape index (κ3) is 5.01. The Bertz CT molecular complexity index is 1170. The molecule has 0 radical (unpaired) electrons. The normalized spacial score (nSPS) is 21.2. The fourth-order valence-electron chi connectivity index (χ4n) is 4.62. The molecule has 0 spiro atoms. The molecule has 8 nitrogen and oxygen atoms in total. The van der Waals surface area contributed by atoms with Crippen LogP contribution in [0.3, 0.4) is 0 Å². The Kier molecular flexibility index (Phi) is 8.06. The highest BCUT2D eigenvalue weighted by Gasteiger charge is 2.47. The largest absolute Gasteiger partial charge is 0.507 e. The van der Waals surface area contributed by atoms with Crippen molar-refractivity contribution in [1.82, 2.24) is 4.90 Å². The molecule has 2 aromatic rings. The van der Waals surface area contributed by atoms with E-state index in [1.54, 1.807) is 36.4 Å². The Morgan fingerprint density at radius 1 is 1.08 bits per heavy atom. The summed E-state index contributed by atoms with van der Waals surface area (Å²) in [5.74, 6) is -0.393. The van der Waals surface area contributed by atoms with Gasteiger partial charge in [0.25, 0.3) is 11.7 Å². The molecular weight excluding hydrogens is 486 g/mol. The predicted octanol–water partition coefficient (Wildman–Crippen LogP) is 4.75. The van der Waals surface area contributed by atoms with E-state index in [-0.39, 0.29) is 24.0 Å². The number of hydrogen-bond donors (Lipinski definition) is 1. The minimum atomic E-state index is -0.843. The first kappa shape index (κ1) is 25.9. The molecule has 0 bridgehead atoms. The van der Waals surface area contributed by atoms with E-state index in [4.69, 9.17) is 30.5 Å². The van der Waals surface area contributed by atoms with Gasteiger partial charge in [-0.1, -0.05) is 17.7 Å². The molecule has 0 aliphatic carbocycles. The second kappa shape index (κ2) is 11.2. The number of ether oxygens (including phenoxy) is 4. The highest BCUT2D eigenvalue weighted by molar-refractivity contribution is 6.46. The van der Waals surface area contributed by atoms with Crippen LogP contribution < -0.4 is 14.2 Å². The second-order valence-corrected chi connectivity index (χ2v) is 8.92. The predicted molar refractivity (Wildman–Crippen MR) is 135 cm³/mol. The van der Waals surface area contributed by atoms with Crippen LogP contribution in [0.5, 0.6) is 17.2 Å². The maximum absolute atomic E-state index is 13.3.